The highest BCUT2D eigenvalue weighted by Gasteiger charge is 2.28. The predicted octanol–water partition coefficient (Wildman–Crippen LogP) is 4.05. The summed E-state index contributed by atoms with van der Waals surface area (Å²) in [5, 5.41) is 11.5. The van der Waals surface area contributed by atoms with Crippen LogP contribution in [0.5, 0.6) is 0 Å². The zero-order valence-electron chi connectivity index (χ0n) is 8.34. The fourth-order valence-electron chi connectivity index (χ4n) is 1.85. The van der Waals surface area contributed by atoms with E-state index in [-0.39, 0.29) is 5.25 Å². The molecule has 2 atom stereocenters. The van der Waals surface area contributed by atoms with Crippen molar-refractivity contribution < 1.29 is 5.11 Å². The lowest BCUT2D eigenvalue weighted by Crippen LogP contribution is -2.20. The van der Waals surface area contributed by atoms with Gasteiger partial charge in [0.15, 0.2) is 0 Å². The molecule has 2 unspecified atom stereocenters. The first kappa shape index (κ1) is 11.6. The van der Waals surface area contributed by atoms with Gasteiger partial charge in [0.1, 0.15) is 0 Å². The first-order valence-electron chi connectivity index (χ1n) is 4.91. The lowest BCUT2D eigenvalue weighted by Gasteiger charge is -2.29. The third-order valence-electron chi connectivity index (χ3n) is 2.75. The van der Waals surface area contributed by atoms with E-state index in [0.717, 1.165) is 23.3 Å². The van der Waals surface area contributed by atoms with Crippen LogP contribution in [0.1, 0.15) is 30.6 Å². The zero-order chi connectivity index (χ0) is 11.0. The number of hydrogen-bond donors (Lipinski definition) is 1. The molecule has 0 spiro atoms. The van der Waals surface area contributed by atoms with Gasteiger partial charge in [-0.15, -0.1) is 0 Å². The zero-order valence-corrected chi connectivity index (χ0v) is 10.7. The third-order valence-corrected chi connectivity index (χ3v) is 5.07. The molecule has 15 heavy (non-hydrogen) atoms. The lowest BCUT2D eigenvalue weighted by molar-refractivity contribution is 0.170. The monoisotopic (exact) mass is 262 g/mol. The number of hydrogen-bond acceptors (Lipinski definition) is 2. The predicted molar refractivity (Wildman–Crippen MR) is 66.8 cm³/mol. The lowest BCUT2D eigenvalue weighted by atomic mass is 9.99. The average Bonchev–Trinajstić information content (AvgIpc) is 2.24. The van der Waals surface area contributed by atoms with Crippen molar-refractivity contribution in [3.8, 4) is 0 Å². The number of halogens is 2. The summed E-state index contributed by atoms with van der Waals surface area (Å²) in [6.07, 6.45) is 0.546. The molecule has 1 aliphatic rings. The normalized spacial score (nSPS) is 25.1. The molecule has 0 saturated carbocycles. The first-order chi connectivity index (χ1) is 7.15. The minimum atomic E-state index is -0.418. The largest absolute Gasteiger partial charge is 0.387 e. The summed E-state index contributed by atoms with van der Waals surface area (Å²) in [6.45, 7) is 2.09. The molecule has 4 heteroatoms. The van der Waals surface area contributed by atoms with Crippen molar-refractivity contribution in [2.45, 2.75) is 30.5 Å². The van der Waals surface area contributed by atoms with Gasteiger partial charge in [-0.05, 0) is 23.6 Å². The molecule has 0 amide bonds. The molecular weight excluding hydrogens is 251 g/mol. The van der Waals surface area contributed by atoms with Crippen molar-refractivity contribution in [2.24, 2.45) is 0 Å². The summed E-state index contributed by atoms with van der Waals surface area (Å²) in [6, 6.07) is 3.64. The molecule has 1 aromatic rings. The maximum atomic E-state index is 10.1. The summed E-state index contributed by atoms with van der Waals surface area (Å²) in [5.74, 6) is 0.838. The number of rotatable bonds is 1. The van der Waals surface area contributed by atoms with Gasteiger partial charge in [0.25, 0.3) is 0 Å². The molecule has 1 nitrogen and oxygen atoms in total. The van der Waals surface area contributed by atoms with Crippen LogP contribution in [-0.4, -0.2) is 10.4 Å². The van der Waals surface area contributed by atoms with Gasteiger partial charge in [-0.3, -0.25) is 0 Å². The van der Waals surface area contributed by atoms with E-state index in [0.29, 0.717) is 10.0 Å². The standard InChI is InChI=1S/C11H12Cl2OS/c1-2-9-11(14)6-3-4-8(12)10(13)7(6)5-15-9/h3-4,9,11,14H,2,5H2,1H3. The van der Waals surface area contributed by atoms with Crippen LogP contribution in [0.25, 0.3) is 0 Å². The van der Waals surface area contributed by atoms with E-state index in [9.17, 15) is 5.11 Å². The van der Waals surface area contributed by atoms with Crippen molar-refractivity contribution in [2.75, 3.05) is 0 Å². The minimum Gasteiger partial charge on any atom is -0.387 e. The van der Waals surface area contributed by atoms with Crippen LogP contribution in [0.2, 0.25) is 10.0 Å². The molecule has 1 N–H and O–H groups in total. The topological polar surface area (TPSA) is 20.2 Å². The summed E-state index contributed by atoms with van der Waals surface area (Å²) in [4.78, 5) is 0. The van der Waals surface area contributed by atoms with Crippen LogP contribution in [0.3, 0.4) is 0 Å². The molecule has 1 aliphatic heterocycles. The second-order valence-corrected chi connectivity index (χ2v) is 5.64. The Morgan fingerprint density at radius 3 is 2.87 bits per heavy atom. The van der Waals surface area contributed by atoms with Gasteiger partial charge in [-0.1, -0.05) is 36.2 Å². The Labute approximate surface area is 104 Å². The summed E-state index contributed by atoms with van der Waals surface area (Å²) in [7, 11) is 0. The van der Waals surface area contributed by atoms with Gasteiger partial charge in [0.2, 0.25) is 0 Å². The van der Waals surface area contributed by atoms with Crippen molar-refractivity contribution in [1.82, 2.24) is 0 Å². The second kappa shape index (κ2) is 4.54. The number of fused-ring (bicyclic) bond motifs is 1. The van der Waals surface area contributed by atoms with E-state index in [2.05, 4.69) is 6.92 Å². The van der Waals surface area contributed by atoms with Gasteiger partial charge in [0.05, 0.1) is 16.1 Å². The molecule has 0 fully saturated rings. The average molecular weight is 263 g/mol. The Hall–Kier alpha value is 0.110. The first-order valence-corrected chi connectivity index (χ1v) is 6.72. The second-order valence-electron chi connectivity index (χ2n) is 3.63. The van der Waals surface area contributed by atoms with Gasteiger partial charge in [0, 0.05) is 11.0 Å². The van der Waals surface area contributed by atoms with Crippen LogP contribution < -0.4 is 0 Å². The molecule has 1 heterocycles. The molecule has 82 valence electrons. The van der Waals surface area contributed by atoms with Crippen molar-refractivity contribution in [3.05, 3.63) is 33.3 Å². The third kappa shape index (κ3) is 2.01. The molecule has 0 saturated heterocycles. The highest BCUT2D eigenvalue weighted by molar-refractivity contribution is 7.99. The minimum absolute atomic E-state index is 0.273. The fourth-order valence-corrected chi connectivity index (χ4v) is 3.61. The summed E-state index contributed by atoms with van der Waals surface area (Å²) < 4.78 is 0. The summed E-state index contributed by atoms with van der Waals surface area (Å²) >= 11 is 13.8. The smallest absolute Gasteiger partial charge is 0.0912 e. The Balaban J connectivity index is 2.45. The van der Waals surface area contributed by atoms with Gasteiger partial charge < -0.3 is 5.11 Å². The number of aliphatic hydroxyl groups excluding tert-OH is 1. The van der Waals surface area contributed by atoms with Crippen LogP contribution in [-0.2, 0) is 5.75 Å². The van der Waals surface area contributed by atoms with Crippen LogP contribution in [0, 0.1) is 0 Å². The number of aliphatic hydroxyl groups is 1. The number of benzene rings is 1. The van der Waals surface area contributed by atoms with E-state index in [1.54, 1.807) is 17.8 Å². The molecule has 0 aromatic heterocycles. The van der Waals surface area contributed by atoms with E-state index < -0.39 is 6.10 Å². The highest BCUT2D eigenvalue weighted by atomic mass is 35.5. The molecule has 0 radical (unpaired) electrons. The maximum absolute atomic E-state index is 10.1. The van der Waals surface area contributed by atoms with E-state index >= 15 is 0 Å². The van der Waals surface area contributed by atoms with Gasteiger partial charge >= 0.3 is 0 Å². The van der Waals surface area contributed by atoms with Gasteiger partial charge in [-0.2, -0.15) is 11.8 Å². The Kier molecular flexibility index (Phi) is 3.51. The van der Waals surface area contributed by atoms with Crippen LogP contribution in [0.15, 0.2) is 12.1 Å². The fraction of sp³-hybridized carbons (Fsp3) is 0.455. The Morgan fingerprint density at radius 2 is 2.20 bits per heavy atom. The molecule has 1 aromatic carbocycles. The quantitative estimate of drug-likeness (QED) is 0.824. The van der Waals surface area contributed by atoms with Crippen molar-refractivity contribution >= 4 is 35.0 Å². The van der Waals surface area contributed by atoms with Gasteiger partial charge in [-0.25, -0.2) is 0 Å². The summed E-state index contributed by atoms with van der Waals surface area (Å²) in [5.41, 5.74) is 1.93. The van der Waals surface area contributed by atoms with E-state index in [1.807, 2.05) is 6.07 Å². The van der Waals surface area contributed by atoms with E-state index in [1.165, 1.54) is 0 Å². The van der Waals surface area contributed by atoms with Crippen molar-refractivity contribution in [1.29, 1.82) is 0 Å². The molecule has 0 aliphatic carbocycles. The molecule has 0 bridgehead atoms. The Bertz CT molecular complexity index is 381. The Morgan fingerprint density at radius 1 is 1.47 bits per heavy atom. The SMILES string of the molecule is CCC1SCc2c(ccc(Cl)c2Cl)C1O. The highest BCUT2D eigenvalue weighted by Crippen LogP contribution is 2.43. The maximum Gasteiger partial charge on any atom is 0.0912 e. The molecular formula is C11H12Cl2OS. The number of thioether (sulfide) groups is 1. The van der Waals surface area contributed by atoms with Crippen LogP contribution in [0.4, 0.5) is 0 Å². The molecule has 2 rings (SSSR count). The van der Waals surface area contributed by atoms with Crippen LogP contribution >= 0.6 is 35.0 Å². The van der Waals surface area contributed by atoms with Crippen molar-refractivity contribution in [3.63, 3.8) is 0 Å². The van der Waals surface area contributed by atoms with E-state index in [4.69, 9.17) is 23.2 Å².